The van der Waals surface area contributed by atoms with Crippen LogP contribution in [0.4, 0.5) is 19.0 Å². The summed E-state index contributed by atoms with van der Waals surface area (Å²) in [7, 11) is 0. The molecule has 1 aliphatic heterocycles. The Morgan fingerprint density at radius 3 is 2.73 bits per heavy atom. The maximum atomic E-state index is 12.3. The van der Waals surface area contributed by atoms with Crippen LogP contribution < -0.4 is 11.4 Å². The number of aliphatic hydroxyl groups excluding tert-OH is 2. The maximum Gasteiger partial charge on any atom is 0.389 e. The Kier molecular flexibility index (Phi) is 4.73. The van der Waals surface area contributed by atoms with E-state index in [2.05, 4.69) is 4.98 Å². The molecule has 0 radical (unpaired) electrons. The molecule has 2 rings (SSSR count). The van der Waals surface area contributed by atoms with E-state index < -0.39 is 49.8 Å². The van der Waals surface area contributed by atoms with Crippen molar-refractivity contribution in [2.45, 2.75) is 43.9 Å². The first kappa shape index (κ1) is 16.7. The zero-order valence-corrected chi connectivity index (χ0v) is 11.5. The minimum atomic E-state index is -4.35. The van der Waals surface area contributed by atoms with Gasteiger partial charge in [-0.2, -0.15) is 18.2 Å². The molecule has 0 aromatic carbocycles. The van der Waals surface area contributed by atoms with Gasteiger partial charge in [0.1, 0.15) is 18.1 Å². The van der Waals surface area contributed by atoms with Crippen molar-refractivity contribution < 1.29 is 28.1 Å². The van der Waals surface area contributed by atoms with E-state index in [-0.39, 0.29) is 17.8 Å². The summed E-state index contributed by atoms with van der Waals surface area (Å²) in [6.07, 6.45) is -7.41. The van der Waals surface area contributed by atoms with Crippen molar-refractivity contribution in [1.82, 2.24) is 9.55 Å². The summed E-state index contributed by atoms with van der Waals surface area (Å²) in [5.74, 6) is -0.261. The van der Waals surface area contributed by atoms with E-state index in [0.29, 0.717) is 0 Å². The lowest BCUT2D eigenvalue weighted by Crippen LogP contribution is -2.29. The number of aromatic nitrogens is 2. The fourth-order valence-corrected chi connectivity index (χ4v) is 2.25. The van der Waals surface area contributed by atoms with E-state index in [1.54, 1.807) is 0 Å². The molecule has 0 amide bonds. The zero-order valence-electron chi connectivity index (χ0n) is 11.5. The number of nitrogens with two attached hydrogens (primary N) is 1. The highest BCUT2D eigenvalue weighted by Gasteiger charge is 2.35. The molecule has 0 spiro atoms. The summed E-state index contributed by atoms with van der Waals surface area (Å²) in [6.45, 7) is -0.435. The van der Waals surface area contributed by atoms with Crippen LogP contribution in [0.25, 0.3) is 0 Å². The molecule has 1 aromatic rings. The van der Waals surface area contributed by atoms with Crippen molar-refractivity contribution in [1.29, 1.82) is 0 Å². The second-order valence-electron chi connectivity index (χ2n) is 5.07. The number of aliphatic hydroxyl groups is 2. The van der Waals surface area contributed by atoms with E-state index >= 15 is 0 Å². The Morgan fingerprint density at radius 2 is 2.18 bits per heavy atom. The summed E-state index contributed by atoms with van der Waals surface area (Å²) in [6, 6.07) is 0. The molecule has 10 heteroatoms. The second-order valence-corrected chi connectivity index (χ2v) is 5.07. The molecule has 4 N–H and O–H groups in total. The molecule has 2 heterocycles. The number of nitrogen functional groups attached to an aromatic ring is 1. The Hall–Kier alpha value is -1.65. The largest absolute Gasteiger partial charge is 0.394 e. The number of nitrogens with zero attached hydrogens (tertiary/aromatic N) is 2. The molecule has 3 atom stereocenters. The number of alkyl halides is 3. The molecule has 22 heavy (non-hydrogen) atoms. The first-order chi connectivity index (χ1) is 10.2. The summed E-state index contributed by atoms with van der Waals surface area (Å²) in [4.78, 5) is 15.3. The van der Waals surface area contributed by atoms with Gasteiger partial charge in [-0.15, -0.1) is 0 Å². The van der Waals surface area contributed by atoms with E-state index in [9.17, 15) is 23.1 Å². The topological polar surface area (TPSA) is 111 Å². The van der Waals surface area contributed by atoms with Crippen LogP contribution >= 0.6 is 0 Å². The van der Waals surface area contributed by atoms with Gasteiger partial charge in [-0.25, -0.2) is 4.79 Å². The van der Waals surface area contributed by atoms with Crippen LogP contribution in [0.15, 0.2) is 11.0 Å². The summed E-state index contributed by atoms with van der Waals surface area (Å²) >= 11 is 0. The highest BCUT2D eigenvalue weighted by Crippen LogP contribution is 2.28. The first-order valence-corrected chi connectivity index (χ1v) is 6.60. The van der Waals surface area contributed by atoms with Crippen LogP contribution in [-0.2, 0) is 11.2 Å². The number of anilines is 1. The van der Waals surface area contributed by atoms with Gasteiger partial charge in [0.05, 0.1) is 12.7 Å². The third kappa shape index (κ3) is 3.76. The Labute approximate surface area is 123 Å². The number of hydrogen-bond acceptors (Lipinski definition) is 6. The highest BCUT2D eigenvalue weighted by molar-refractivity contribution is 5.36. The Bertz CT molecular complexity index is 590. The predicted molar refractivity (Wildman–Crippen MR) is 68.9 cm³/mol. The lowest BCUT2D eigenvalue weighted by Gasteiger charge is -2.16. The van der Waals surface area contributed by atoms with Crippen LogP contribution in [0.5, 0.6) is 0 Å². The summed E-state index contributed by atoms with van der Waals surface area (Å²) in [5, 5.41) is 18.7. The van der Waals surface area contributed by atoms with Gasteiger partial charge in [-0.3, -0.25) is 4.57 Å². The first-order valence-electron chi connectivity index (χ1n) is 6.60. The Morgan fingerprint density at radius 1 is 1.50 bits per heavy atom. The minimum Gasteiger partial charge on any atom is -0.394 e. The van der Waals surface area contributed by atoms with E-state index in [1.165, 1.54) is 0 Å². The number of aryl methyl sites for hydroxylation is 1. The molecule has 1 fully saturated rings. The monoisotopic (exact) mass is 323 g/mol. The van der Waals surface area contributed by atoms with E-state index in [4.69, 9.17) is 15.6 Å². The van der Waals surface area contributed by atoms with Gasteiger partial charge in [0.15, 0.2) is 0 Å². The molecule has 1 aromatic heterocycles. The van der Waals surface area contributed by atoms with Gasteiger partial charge in [-0.1, -0.05) is 0 Å². The highest BCUT2D eigenvalue weighted by atomic mass is 19.4. The average molecular weight is 323 g/mol. The van der Waals surface area contributed by atoms with Gasteiger partial charge in [0, 0.05) is 24.6 Å². The van der Waals surface area contributed by atoms with Gasteiger partial charge in [-0.05, 0) is 6.42 Å². The lowest BCUT2D eigenvalue weighted by atomic mass is 10.1. The van der Waals surface area contributed by atoms with Crippen molar-refractivity contribution >= 4 is 5.82 Å². The van der Waals surface area contributed by atoms with Crippen molar-refractivity contribution in [2.75, 3.05) is 12.3 Å². The fourth-order valence-electron chi connectivity index (χ4n) is 2.25. The molecule has 124 valence electrons. The van der Waals surface area contributed by atoms with Gasteiger partial charge in [0.2, 0.25) is 0 Å². The second kappa shape index (κ2) is 6.23. The Balaban J connectivity index is 2.24. The number of halogens is 3. The zero-order chi connectivity index (χ0) is 16.5. The molecule has 0 bridgehead atoms. The van der Waals surface area contributed by atoms with Gasteiger partial charge >= 0.3 is 11.9 Å². The number of rotatable bonds is 4. The summed E-state index contributed by atoms with van der Waals surface area (Å²) < 4.78 is 43.1. The van der Waals surface area contributed by atoms with E-state index in [0.717, 1.165) is 10.8 Å². The maximum absolute atomic E-state index is 12.3. The third-order valence-electron chi connectivity index (χ3n) is 3.43. The molecular weight excluding hydrogens is 307 g/mol. The van der Waals surface area contributed by atoms with Crippen molar-refractivity contribution in [3.8, 4) is 0 Å². The van der Waals surface area contributed by atoms with Crippen LogP contribution in [0.1, 0.15) is 24.6 Å². The molecular formula is C12H16F3N3O4. The molecule has 0 saturated carbocycles. The third-order valence-corrected chi connectivity index (χ3v) is 3.43. The van der Waals surface area contributed by atoms with Gasteiger partial charge in [0.25, 0.3) is 0 Å². The molecule has 1 saturated heterocycles. The van der Waals surface area contributed by atoms with Crippen LogP contribution in [0.2, 0.25) is 0 Å². The number of hydrogen-bond donors (Lipinski definition) is 3. The SMILES string of the molecule is Nc1nc(=O)n([C@H]2CC(O)[C@@H](CO)O2)cc1CCC(F)(F)F. The van der Waals surface area contributed by atoms with E-state index in [1.807, 2.05) is 0 Å². The lowest BCUT2D eigenvalue weighted by molar-refractivity contribution is -0.134. The standard InChI is InChI=1S/C12H16F3N3O4/c13-12(14,15)2-1-6-4-18(11(21)17-10(6)16)9-3-7(20)8(5-19)22-9/h4,7-9,19-20H,1-3,5H2,(H2,16,17,21)/t7?,8-,9-/m1/s1. The van der Waals surface area contributed by atoms with Crippen LogP contribution in [-0.4, -0.2) is 44.8 Å². The fraction of sp³-hybridized carbons (Fsp3) is 0.667. The molecule has 7 nitrogen and oxygen atoms in total. The smallest absolute Gasteiger partial charge is 0.389 e. The molecule has 1 unspecified atom stereocenters. The van der Waals surface area contributed by atoms with Crippen molar-refractivity contribution in [3.63, 3.8) is 0 Å². The number of ether oxygens (including phenoxy) is 1. The summed E-state index contributed by atoms with van der Waals surface area (Å²) in [5.41, 5.74) is 4.76. The van der Waals surface area contributed by atoms with Gasteiger partial charge < -0.3 is 20.7 Å². The molecule has 0 aliphatic carbocycles. The van der Waals surface area contributed by atoms with Crippen molar-refractivity contribution in [2.24, 2.45) is 0 Å². The van der Waals surface area contributed by atoms with Crippen molar-refractivity contribution in [3.05, 3.63) is 22.2 Å². The normalized spacial score (nSPS) is 25.6. The minimum absolute atomic E-state index is 0.0233. The quantitative estimate of drug-likeness (QED) is 0.717. The molecule has 1 aliphatic rings. The van der Waals surface area contributed by atoms with Crippen LogP contribution in [0, 0.1) is 0 Å². The predicted octanol–water partition coefficient (Wildman–Crippen LogP) is -0.0389. The van der Waals surface area contributed by atoms with Crippen LogP contribution in [0.3, 0.4) is 0 Å². The average Bonchev–Trinajstić information content (AvgIpc) is 2.77.